The molecule has 1 aromatic rings. The highest BCUT2D eigenvalue weighted by Gasteiger charge is 2.34. The SMILES string of the molecule is CS(=O)(=O)N1CCCCC1C(=O)Nc1sccc1C(=O)O. The number of nitrogens with zero attached hydrogens (tertiary/aromatic N) is 1. The van der Waals surface area contributed by atoms with E-state index in [1.807, 2.05) is 0 Å². The first kappa shape index (κ1) is 15.9. The van der Waals surface area contributed by atoms with Crippen molar-refractivity contribution < 1.29 is 23.1 Å². The summed E-state index contributed by atoms with van der Waals surface area (Å²) in [4.78, 5) is 23.3. The topological polar surface area (TPSA) is 104 Å². The summed E-state index contributed by atoms with van der Waals surface area (Å²) >= 11 is 1.10. The molecule has 9 heteroatoms. The lowest BCUT2D eigenvalue weighted by atomic mass is 10.0. The van der Waals surface area contributed by atoms with Crippen molar-refractivity contribution in [3.05, 3.63) is 17.0 Å². The number of carbonyl (C=O) groups is 2. The molecule has 1 aliphatic heterocycles. The van der Waals surface area contributed by atoms with E-state index in [0.29, 0.717) is 13.0 Å². The fourth-order valence-electron chi connectivity index (χ4n) is 2.33. The van der Waals surface area contributed by atoms with Crippen molar-refractivity contribution >= 4 is 38.2 Å². The molecule has 2 heterocycles. The van der Waals surface area contributed by atoms with Crippen LogP contribution in [0, 0.1) is 0 Å². The van der Waals surface area contributed by atoms with Gasteiger partial charge in [0.2, 0.25) is 15.9 Å². The summed E-state index contributed by atoms with van der Waals surface area (Å²) < 4.78 is 24.6. The molecule has 21 heavy (non-hydrogen) atoms. The monoisotopic (exact) mass is 332 g/mol. The molecular weight excluding hydrogens is 316 g/mol. The summed E-state index contributed by atoms with van der Waals surface area (Å²) in [5.41, 5.74) is 0.00932. The van der Waals surface area contributed by atoms with E-state index in [4.69, 9.17) is 5.11 Å². The van der Waals surface area contributed by atoms with Gasteiger partial charge in [0, 0.05) is 6.54 Å². The van der Waals surface area contributed by atoms with Crippen LogP contribution in [0.15, 0.2) is 11.4 Å². The second kappa shape index (κ2) is 6.12. The maximum absolute atomic E-state index is 12.3. The lowest BCUT2D eigenvalue weighted by Gasteiger charge is -2.32. The Labute approximate surface area is 126 Å². The standard InChI is InChI=1S/C12H16N2O5S2/c1-21(18,19)14-6-3-2-4-9(14)10(15)13-11-8(12(16)17)5-7-20-11/h5,7,9H,2-4,6H2,1H3,(H,13,15)(H,16,17). The number of amides is 1. The lowest BCUT2D eigenvalue weighted by molar-refractivity contribution is -0.120. The zero-order valence-electron chi connectivity index (χ0n) is 11.4. The number of thiophene rings is 1. The Morgan fingerprint density at radius 2 is 2.14 bits per heavy atom. The minimum Gasteiger partial charge on any atom is -0.478 e. The molecule has 0 radical (unpaired) electrons. The number of sulfonamides is 1. The van der Waals surface area contributed by atoms with Crippen molar-refractivity contribution in [3.8, 4) is 0 Å². The van der Waals surface area contributed by atoms with Crippen LogP contribution in [0.3, 0.4) is 0 Å². The predicted octanol–water partition coefficient (Wildman–Crippen LogP) is 1.20. The fraction of sp³-hybridized carbons (Fsp3) is 0.500. The maximum Gasteiger partial charge on any atom is 0.338 e. The summed E-state index contributed by atoms with van der Waals surface area (Å²) in [7, 11) is -3.47. The van der Waals surface area contributed by atoms with Gasteiger partial charge in [0.1, 0.15) is 11.0 Å². The molecule has 1 aliphatic rings. The number of carboxylic acids is 1. The summed E-state index contributed by atoms with van der Waals surface area (Å²) in [5.74, 6) is -1.61. The minimum absolute atomic E-state index is 0.00932. The largest absolute Gasteiger partial charge is 0.478 e. The van der Waals surface area contributed by atoms with Crippen LogP contribution in [0.4, 0.5) is 5.00 Å². The van der Waals surface area contributed by atoms with E-state index in [1.165, 1.54) is 10.4 Å². The number of hydrogen-bond acceptors (Lipinski definition) is 5. The Morgan fingerprint density at radius 3 is 2.76 bits per heavy atom. The van der Waals surface area contributed by atoms with E-state index < -0.39 is 27.9 Å². The molecule has 1 unspecified atom stereocenters. The number of aromatic carboxylic acids is 1. The predicted molar refractivity (Wildman–Crippen MR) is 79.1 cm³/mol. The molecule has 0 aliphatic carbocycles. The molecule has 1 aromatic heterocycles. The Kier molecular flexibility index (Phi) is 4.64. The van der Waals surface area contributed by atoms with Crippen LogP contribution < -0.4 is 5.32 Å². The van der Waals surface area contributed by atoms with Crippen molar-refractivity contribution in [2.45, 2.75) is 25.3 Å². The molecule has 7 nitrogen and oxygen atoms in total. The molecular formula is C12H16N2O5S2. The van der Waals surface area contributed by atoms with Gasteiger partial charge in [-0.25, -0.2) is 13.2 Å². The van der Waals surface area contributed by atoms with Crippen molar-refractivity contribution in [2.24, 2.45) is 0 Å². The summed E-state index contributed by atoms with van der Waals surface area (Å²) in [6.45, 7) is 0.313. The zero-order valence-corrected chi connectivity index (χ0v) is 13.0. The number of anilines is 1. The first-order valence-electron chi connectivity index (χ1n) is 6.39. The van der Waals surface area contributed by atoms with Crippen molar-refractivity contribution in [2.75, 3.05) is 18.1 Å². The van der Waals surface area contributed by atoms with E-state index in [0.717, 1.165) is 30.4 Å². The quantitative estimate of drug-likeness (QED) is 0.862. The number of nitrogens with one attached hydrogen (secondary N) is 1. The number of piperidine rings is 1. The smallest absolute Gasteiger partial charge is 0.338 e. The highest BCUT2D eigenvalue weighted by molar-refractivity contribution is 7.88. The third-order valence-electron chi connectivity index (χ3n) is 3.31. The van der Waals surface area contributed by atoms with Gasteiger partial charge in [-0.05, 0) is 24.3 Å². The van der Waals surface area contributed by atoms with Crippen LogP contribution >= 0.6 is 11.3 Å². The molecule has 0 saturated carbocycles. The fourth-order valence-corrected chi connectivity index (χ4v) is 4.24. The van der Waals surface area contributed by atoms with Gasteiger partial charge in [0.05, 0.1) is 11.8 Å². The Balaban J connectivity index is 2.18. The van der Waals surface area contributed by atoms with E-state index in [9.17, 15) is 18.0 Å². The number of hydrogen-bond donors (Lipinski definition) is 2. The summed E-state index contributed by atoms with van der Waals surface area (Å²) in [6, 6.07) is 0.621. The van der Waals surface area contributed by atoms with Gasteiger partial charge in [-0.3, -0.25) is 4.79 Å². The van der Waals surface area contributed by atoms with E-state index >= 15 is 0 Å². The second-order valence-corrected chi connectivity index (χ2v) is 7.69. The first-order chi connectivity index (χ1) is 9.80. The van der Waals surface area contributed by atoms with Crippen LogP contribution in [0.1, 0.15) is 29.6 Å². The first-order valence-corrected chi connectivity index (χ1v) is 9.12. The normalized spacial score (nSPS) is 20.1. The van der Waals surface area contributed by atoms with Gasteiger partial charge in [0.25, 0.3) is 0 Å². The van der Waals surface area contributed by atoms with Crippen LogP contribution in [-0.4, -0.2) is 48.5 Å². The molecule has 0 bridgehead atoms. The molecule has 0 spiro atoms. The van der Waals surface area contributed by atoms with Crippen molar-refractivity contribution in [3.63, 3.8) is 0 Å². The van der Waals surface area contributed by atoms with Crippen LogP contribution in [-0.2, 0) is 14.8 Å². The van der Waals surface area contributed by atoms with Crippen LogP contribution in [0.25, 0.3) is 0 Å². The molecule has 0 aromatic carbocycles. The van der Waals surface area contributed by atoms with Gasteiger partial charge < -0.3 is 10.4 Å². The van der Waals surface area contributed by atoms with Gasteiger partial charge >= 0.3 is 5.97 Å². The lowest BCUT2D eigenvalue weighted by Crippen LogP contribution is -2.49. The molecule has 1 fully saturated rings. The van der Waals surface area contributed by atoms with E-state index in [1.54, 1.807) is 5.38 Å². The van der Waals surface area contributed by atoms with Gasteiger partial charge in [-0.1, -0.05) is 6.42 Å². The summed E-state index contributed by atoms with van der Waals surface area (Å²) in [6.07, 6.45) is 3.00. The summed E-state index contributed by atoms with van der Waals surface area (Å²) in [5, 5.41) is 13.3. The Morgan fingerprint density at radius 1 is 1.43 bits per heavy atom. The third-order valence-corrected chi connectivity index (χ3v) is 5.43. The average molecular weight is 332 g/mol. The van der Waals surface area contributed by atoms with Gasteiger partial charge in [0.15, 0.2) is 0 Å². The molecule has 1 amide bonds. The highest BCUT2D eigenvalue weighted by atomic mass is 32.2. The van der Waals surface area contributed by atoms with Crippen molar-refractivity contribution in [1.82, 2.24) is 4.31 Å². The maximum atomic E-state index is 12.3. The molecule has 2 rings (SSSR count). The zero-order chi connectivity index (χ0) is 15.6. The molecule has 116 valence electrons. The molecule has 1 saturated heterocycles. The number of rotatable bonds is 4. The molecule has 1 atom stereocenters. The average Bonchev–Trinajstić information content (AvgIpc) is 2.86. The van der Waals surface area contributed by atoms with Crippen LogP contribution in [0.2, 0.25) is 0 Å². The Hall–Kier alpha value is -1.45. The number of carboxylic acid groups (broad SMARTS) is 1. The third kappa shape index (κ3) is 3.60. The van der Waals surface area contributed by atoms with Crippen LogP contribution in [0.5, 0.6) is 0 Å². The molecule has 2 N–H and O–H groups in total. The second-order valence-electron chi connectivity index (χ2n) is 4.84. The number of carbonyl (C=O) groups excluding carboxylic acids is 1. The Bertz CT molecular complexity index is 652. The van der Waals surface area contributed by atoms with Gasteiger partial charge in [-0.2, -0.15) is 4.31 Å². The van der Waals surface area contributed by atoms with E-state index in [-0.39, 0.29) is 10.6 Å². The minimum atomic E-state index is -3.47. The van der Waals surface area contributed by atoms with Gasteiger partial charge in [-0.15, -0.1) is 11.3 Å². The van der Waals surface area contributed by atoms with Crippen molar-refractivity contribution in [1.29, 1.82) is 0 Å². The van der Waals surface area contributed by atoms with E-state index in [2.05, 4.69) is 5.32 Å². The highest BCUT2D eigenvalue weighted by Crippen LogP contribution is 2.26.